The maximum Gasteiger partial charge on any atom is 0.0603 e. The summed E-state index contributed by atoms with van der Waals surface area (Å²) in [6, 6.07) is 5.80. The molecule has 0 aliphatic rings. The second-order valence-electron chi connectivity index (χ2n) is 5.62. The molecular weight excluding hydrogens is 285 g/mol. The molecule has 1 N–H and O–H groups in total. The van der Waals surface area contributed by atoms with E-state index in [1.807, 2.05) is 30.0 Å². The maximum atomic E-state index is 5.99. The van der Waals surface area contributed by atoms with E-state index in [2.05, 4.69) is 33.0 Å². The molecule has 0 aromatic heterocycles. The van der Waals surface area contributed by atoms with Crippen LogP contribution in [0, 0.1) is 5.92 Å². The molecule has 0 saturated carbocycles. The van der Waals surface area contributed by atoms with Crippen molar-refractivity contribution in [1.29, 1.82) is 0 Å². The van der Waals surface area contributed by atoms with Gasteiger partial charge in [0.15, 0.2) is 0 Å². The first-order valence-corrected chi connectivity index (χ1v) is 7.85. The maximum absolute atomic E-state index is 5.99. The number of rotatable bonds is 5. The summed E-state index contributed by atoms with van der Waals surface area (Å²) in [6.07, 6.45) is 0. The minimum atomic E-state index is 0.183. The van der Waals surface area contributed by atoms with Crippen LogP contribution in [-0.2, 0) is 0 Å². The average Bonchev–Trinajstić information content (AvgIpc) is 2.27. The van der Waals surface area contributed by atoms with Crippen molar-refractivity contribution >= 4 is 35.0 Å². The largest absolute Gasteiger partial charge is 0.312 e. The molecule has 4 heteroatoms. The average molecular weight is 306 g/mol. The van der Waals surface area contributed by atoms with Gasteiger partial charge in [-0.1, -0.05) is 30.1 Å². The SMILES string of the molecule is CC(CNC(C)(C)C)CSc1ccc(Cl)c(Cl)c1. The minimum absolute atomic E-state index is 0.183. The predicted octanol–water partition coefficient (Wildman–Crippen LogP) is 5.11. The van der Waals surface area contributed by atoms with Crippen LogP contribution in [0.5, 0.6) is 0 Å². The van der Waals surface area contributed by atoms with E-state index < -0.39 is 0 Å². The van der Waals surface area contributed by atoms with Crippen molar-refractivity contribution < 1.29 is 0 Å². The van der Waals surface area contributed by atoms with Crippen molar-refractivity contribution in [2.24, 2.45) is 5.92 Å². The minimum Gasteiger partial charge on any atom is -0.312 e. The lowest BCUT2D eigenvalue weighted by Crippen LogP contribution is -2.39. The molecule has 0 saturated heterocycles. The van der Waals surface area contributed by atoms with Gasteiger partial charge in [0.2, 0.25) is 0 Å². The Labute approximate surface area is 125 Å². The molecule has 1 aromatic carbocycles. The van der Waals surface area contributed by atoms with Gasteiger partial charge in [0.05, 0.1) is 10.0 Å². The first kappa shape index (κ1) is 16.2. The normalized spacial score (nSPS) is 13.7. The third kappa shape index (κ3) is 6.33. The van der Waals surface area contributed by atoms with Crippen LogP contribution in [0.2, 0.25) is 10.0 Å². The fourth-order valence-corrected chi connectivity index (χ4v) is 2.67. The van der Waals surface area contributed by atoms with Gasteiger partial charge in [-0.05, 0) is 51.4 Å². The number of thioether (sulfide) groups is 1. The fraction of sp³-hybridized carbons (Fsp3) is 0.571. The van der Waals surface area contributed by atoms with Crippen LogP contribution >= 0.6 is 35.0 Å². The third-order valence-corrected chi connectivity index (χ3v) is 4.47. The molecule has 102 valence electrons. The second-order valence-corrected chi connectivity index (χ2v) is 7.53. The van der Waals surface area contributed by atoms with E-state index in [0.717, 1.165) is 12.3 Å². The topological polar surface area (TPSA) is 12.0 Å². The Kier molecular flexibility index (Phi) is 6.32. The molecule has 1 atom stereocenters. The van der Waals surface area contributed by atoms with Gasteiger partial charge in [-0.25, -0.2) is 0 Å². The monoisotopic (exact) mass is 305 g/mol. The fourth-order valence-electron chi connectivity index (χ4n) is 1.34. The van der Waals surface area contributed by atoms with E-state index in [4.69, 9.17) is 23.2 Å². The molecule has 1 rings (SSSR count). The first-order valence-electron chi connectivity index (χ1n) is 6.11. The lowest BCUT2D eigenvalue weighted by atomic mass is 10.1. The highest BCUT2D eigenvalue weighted by atomic mass is 35.5. The molecular formula is C14H21Cl2NS. The van der Waals surface area contributed by atoms with E-state index >= 15 is 0 Å². The first-order chi connectivity index (χ1) is 8.28. The van der Waals surface area contributed by atoms with Crippen molar-refractivity contribution in [3.05, 3.63) is 28.2 Å². The zero-order chi connectivity index (χ0) is 13.8. The molecule has 1 aromatic rings. The summed E-state index contributed by atoms with van der Waals surface area (Å²) in [5, 5.41) is 4.76. The lowest BCUT2D eigenvalue weighted by Gasteiger charge is -2.23. The van der Waals surface area contributed by atoms with Gasteiger partial charge in [0.25, 0.3) is 0 Å². The number of halogens is 2. The Balaban J connectivity index is 2.38. The number of benzene rings is 1. The summed E-state index contributed by atoms with van der Waals surface area (Å²) < 4.78 is 0. The smallest absolute Gasteiger partial charge is 0.0603 e. The molecule has 0 spiro atoms. The molecule has 18 heavy (non-hydrogen) atoms. The van der Waals surface area contributed by atoms with Crippen LogP contribution in [0.25, 0.3) is 0 Å². The quantitative estimate of drug-likeness (QED) is 0.759. The molecule has 0 aliphatic heterocycles. The highest BCUT2D eigenvalue weighted by Gasteiger charge is 2.11. The van der Waals surface area contributed by atoms with Crippen molar-refractivity contribution in [3.8, 4) is 0 Å². The van der Waals surface area contributed by atoms with E-state index in [1.54, 1.807) is 0 Å². The van der Waals surface area contributed by atoms with Gasteiger partial charge in [-0.15, -0.1) is 11.8 Å². The van der Waals surface area contributed by atoms with Gasteiger partial charge in [0, 0.05) is 16.2 Å². The van der Waals surface area contributed by atoms with Crippen LogP contribution in [0.4, 0.5) is 0 Å². The standard InChI is InChI=1S/C14H21Cl2NS/c1-10(8-17-14(2,3)4)9-18-11-5-6-12(15)13(16)7-11/h5-7,10,17H,8-9H2,1-4H3. The number of hydrogen-bond donors (Lipinski definition) is 1. The van der Waals surface area contributed by atoms with Crippen LogP contribution in [0.3, 0.4) is 0 Å². The molecule has 1 nitrogen and oxygen atoms in total. The molecule has 0 radical (unpaired) electrons. The van der Waals surface area contributed by atoms with E-state index in [9.17, 15) is 0 Å². The zero-order valence-electron chi connectivity index (χ0n) is 11.4. The predicted molar refractivity (Wildman–Crippen MR) is 84.1 cm³/mol. The number of nitrogens with one attached hydrogen (secondary N) is 1. The van der Waals surface area contributed by atoms with E-state index in [-0.39, 0.29) is 5.54 Å². The Bertz CT molecular complexity index is 388. The lowest BCUT2D eigenvalue weighted by molar-refractivity contribution is 0.395. The van der Waals surface area contributed by atoms with Crippen molar-refractivity contribution in [2.75, 3.05) is 12.3 Å². The van der Waals surface area contributed by atoms with Crippen molar-refractivity contribution in [2.45, 2.75) is 38.1 Å². The van der Waals surface area contributed by atoms with Gasteiger partial charge < -0.3 is 5.32 Å². The summed E-state index contributed by atoms with van der Waals surface area (Å²) in [5.41, 5.74) is 0.183. The summed E-state index contributed by atoms with van der Waals surface area (Å²) in [6.45, 7) is 9.84. The van der Waals surface area contributed by atoms with Gasteiger partial charge in [0.1, 0.15) is 0 Å². The molecule has 0 heterocycles. The van der Waals surface area contributed by atoms with Gasteiger partial charge >= 0.3 is 0 Å². The Morgan fingerprint density at radius 3 is 2.44 bits per heavy atom. The second kappa shape index (κ2) is 7.04. The van der Waals surface area contributed by atoms with Crippen LogP contribution in [-0.4, -0.2) is 17.8 Å². The van der Waals surface area contributed by atoms with Gasteiger partial charge in [-0.2, -0.15) is 0 Å². The van der Waals surface area contributed by atoms with E-state index in [0.29, 0.717) is 16.0 Å². The molecule has 0 bridgehead atoms. The summed E-state index contributed by atoms with van der Waals surface area (Å²) in [7, 11) is 0. The van der Waals surface area contributed by atoms with Crippen molar-refractivity contribution in [3.63, 3.8) is 0 Å². The summed E-state index contributed by atoms with van der Waals surface area (Å²) in [4.78, 5) is 1.17. The Morgan fingerprint density at radius 2 is 1.89 bits per heavy atom. The number of hydrogen-bond acceptors (Lipinski definition) is 2. The third-order valence-electron chi connectivity index (χ3n) is 2.41. The molecule has 0 fully saturated rings. The Hall–Kier alpha value is 0.110. The van der Waals surface area contributed by atoms with Crippen LogP contribution in [0.1, 0.15) is 27.7 Å². The molecule has 0 amide bonds. The van der Waals surface area contributed by atoms with Crippen LogP contribution < -0.4 is 5.32 Å². The molecule has 1 unspecified atom stereocenters. The summed E-state index contributed by atoms with van der Waals surface area (Å²) in [5.74, 6) is 1.68. The zero-order valence-corrected chi connectivity index (χ0v) is 13.7. The highest BCUT2D eigenvalue weighted by Crippen LogP contribution is 2.28. The highest BCUT2D eigenvalue weighted by molar-refractivity contribution is 7.99. The summed E-state index contributed by atoms with van der Waals surface area (Å²) >= 11 is 13.7. The van der Waals surface area contributed by atoms with Crippen LogP contribution in [0.15, 0.2) is 23.1 Å². The van der Waals surface area contributed by atoms with E-state index in [1.165, 1.54) is 4.90 Å². The van der Waals surface area contributed by atoms with Crippen molar-refractivity contribution in [1.82, 2.24) is 5.32 Å². The Morgan fingerprint density at radius 1 is 1.22 bits per heavy atom. The molecule has 0 aliphatic carbocycles. The van der Waals surface area contributed by atoms with Gasteiger partial charge in [-0.3, -0.25) is 0 Å².